The van der Waals surface area contributed by atoms with Gasteiger partial charge in [-0.15, -0.1) is 10.2 Å². The highest BCUT2D eigenvalue weighted by Crippen LogP contribution is 2.15. The van der Waals surface area contributed by atoms with Crippen LogP contribution in [-0.2, 0) is 4.74 Å². The number of anilines is 2. The third-order valence-corrected chi connectivity index (χ3v) is 2.56. The predicted octanol–water partition coefficient (Wildman–Crippen LogP) is 0.674. The fourth-order valence-electron chi connectivity index (χ4n) is 1.73. The SMILES string of the molecule is CN(CC1CCCO1)c1ccc(N)nn1. The summed E-state index contributed by atoms with van der Waals surface area (Å²) < 4.78 is 5.55. The van der Waals surface area contributed by atoms with Crippen LogP contribution in [0.4, 0.5) is 11.6 Å². The van der Waals surface area contributed by atoms with E-state index in [4.69, 9.17) is 10.5 Å². The second kappa shape index (κ2) is 4.44. The first kappa shape index (κ1) is 10.2. The van der Waals surface area contributed by atoms with Gasteiger partial charge in [0, 0.05) is 20.2 Å². The molecule has 2 heterocycles. The van der Waals surface area contributed by atoms with Gasteiger partial charge in [-0.25, -0.2) is 0 Å². The molecule has 5 heteroatoms. The number of aromatic nitrogens is 2. The normalized spacial score (nSPS) is 20.5. The lowest BCUT2D eigenvalue weighted by molar-refractivity contribution is 0.116. The molecule has 1 atom stereocenters. The van der Waals surface area contributed by atoms with E-state index in [1.54, 1.807) is 6.07 Å². The topological polar surface area (TPSA) is 64.3 Å². The van der Waals surface area contributed by atoms with Crippen LogP contribution in [0.3, 0.4) is 0 Å². The van der Waals surface area contributed by atoms with Crippen molar-refractivity contribution in [1.82, 2.24) is 10.2 Å². The van der Waals surface area contributed by atoms with Gasteiger partial charge in [0.15, 0.2) is 5.82 Å². The zero-order chi connectivity index (χ0) is 10.7. The Morgan fingerprint density at radius 2 is 2.40 bits per heavy atom. The minimum Gasteiger partial charge on any atom is -0.382 e. The fourth-order valence-corrected chi connectivity index (χ4v) is 1.73. The summed E-state index contributed by atoms with van der Waals surface area (Å²) in [5.41, 5.74) is 5.47. The Labute approximate surface area is 89.2 Å². The minimum atomic E-state index is 0.328. The number of rotatable bonds is 3. The Balaban J connectivity index is 1.94. The number of nitrogens with zero attached hydrogens (tertiary/aromatic N) is 3. The van der Waals surface area contributed by atoms with Crippen molar-refractivity contribution in [3.05, 3.63) is 12.1 Å². The lowest BCUT2D eigenvalue weighted by atomic mass is 10.2. The van der Waals surface area contributed by atoms with Gasteiger partial charge in [-0.05, 0) is 25.0 Å². The second-order valence-corrected chi connectivity index (χ2v) is 3.83. The lowest BCUT2D eigenvalue weighted by Gasteiger charge is -2.20. The molecule has 1 aliphatic rings. The van der Waals surface area contributed by atoms with Crippen LogP contribution in [0.2, 0.25) is 0 Å². The van der Waals surface area contributed by atoms with Crippen molar-refractivity contribution < 1.29 is 4.74 Å². The summed E-state index contributed by atoms with van der Waals surface area (Å²) in [5.74, 6) is 1.28. The third-order valence-electron chi connectivity index (χ3n) is 2.56. The molecule has 0 aromatic carbocycles. The van der Waals surface area contributed by atoms with Crippen molar-refractivity contribution in [3.8, 4) is 0 Å². The van der Waals surface area contributed by atoms with Crippen molar-refractivity contribution in [2.45, 2.75) is 18.9 Å². The molecule has 0 saturated carbocycles. The molecular formula is C10H16N4O. The highest BCUT2D eigenvalue weighted by Gasteiger charge is 2.18. The molecule has 0 amide bonds. The van der Waals surface area contributed by atoms with Gasteiger partial charge in [0.25, 0.3) is 0 Å². The van der Waals surface area contributed by atoms with Crippen molar-refractivity contribution in [1.29, 1.82) is 0 Å². The maximum Gasteiger partial charge on any atom is 0.151 e. The molecule has 5 nitrogen and oxygen atoms in total. The molecule has 0 bridgehead atoms. The molecule has 82 valence electrons. The number of nitrogen functional groups attached to an aromatic ring is 1. The summed E-state index contributed by atoms with van der Waals surface area (Å²) >= 11 is 0. The van der Waals surface area contributed by atoms with Crippen LogP contribution in [0.1, 0.15) is 12.8 Å². The Morgan fingerprint density at radius 1 is 1.53 bits per heavy atom. The second-order valence-electron chi connectivity index (χ2n) is 3.83. The van der Waals surface area contributed by atoms with E-state index in [1.807, 2.05) is 18.0 Å². The molecule has 1 fully saturated rings. The maximum atomic E-state index is 5.55. The molecule has 1 unspecified atom stereocenters. The van der Waals surface area contributed by atoms with E-state index in [1.165, 1.54) is 0 Å². The molecule has 0 spiro atoms. The number of likely N-dealkylation sites (N-methyl/N-ethyl adjacent to an activating group) is 1. The van der Waals surface area contributed by atoms with Gasteiger partial charge in [-0.3, -0.25) is 0 Å². The van der Waals surface area contributed by atoms with E-state index in [0.717, 1.165) is 31.8 Å². The molecule has 1 aromatic rings. The van der Waals surface area contributed by atoms with Gasteiger partial charge in [-0.1, -0.05) is 0 Å². The molecule has 0 aliphatic carbocycles. The highest BCUT2D eigenvalue weighted by atomic mass is 16.5. The first-order valence-electron chi connectivity index (χ1n) is 5.17. The maximum absolute atomic E-state index is 5.55. The van der Waals surface area contributed by atoms with Crippen LogP contribution < -0.4 is 10.6 Å². The van der Waals surface area contributed by atoms with E-state index < -0.39 is 0 Å². The molecule has 0 radical (unpaired) electrons. The first-order chi connectivity index (χ1) is 7.25. The summed E-state index contributed by atoms with van der Waals surface area (Å²) in [5, 5.41) is 7.84. The summed E-state index contributed by atoms with van der Waals surface area (Å²) in [6, 6.07) is 3.63. The van der Waals surface area contributed by atoms with E-state index in [-0.39, 0.29) is 0 Å². The van der Waals surface area contributed by atoms with Gasteiger partial charge >= 0.3 is 0 Å². The molecule has 2 N–H and O–H groups in total. The van der Waals surface area contributed by atoms with Crippen LogP contribution in [-0.4, -0.2) is 36.5 Å². The molecular weight excluding hydrogens is 192 g/mol. The summed E-state index contributed by atoms with van der Waals surface area (Å²) in [6.07, 6.45) is 2.62. The van der Waals surface area contributed by atoms with Gasteiger partial charge < -0.3 is 15.4 Å². The fraction of sp³-hybridized carbons (Fsp3) is 0.600. The Morgan fingerprint density at radius 3 is 3.00 bits per heavy atom. The Bertz CT molecular complexity index is 308. The molecule has 2 rings (SSSR count). The standard InChI is InChI=1S/C10H16N4O/c1-14(7-8-3-2-6-15-8)10-5-4-9(11)12-13-10/h4-5,8H,2-3,6-7H2,1H3,(H2,11,12). The zero-order valence-electron chi connectivity index (χ0n) is 8.89. The predicted molar refractivity (Wildman–Crippen MR) is 58.7 cm³/mol. The molecule has 1 saturated heterocycles. The lowest BCUT2D eigenvalue weighted by Crippen LogP contribution is -2.29. The molecule has 1 aromatic heterocycles. The van der Waals surface area contributed by atoms with E-state index in [2.05, 4.69) is 10.2 Å². The molecule has 15 heavy (non-hydrogen) atoms. The quantitative estimate of drug-likeness (QED) is 0.791. The summed E-state index contributed by atoms with van der Waals surface area (Å²) in [7, 11) is 1.99. The zero-order valence-corrected chi connectivity index (χ0v) is 8.89. The van der Waals surface area contributed by atoms with Crippen molar-refractivity contribution in [2.24, 2.45) is 0 Å². The van der Waals surface area contributed by atoms with Gasteiger partial charge in [0.05, 0.1) is 6.10 Å². The van der Waals surface area contributed by atoms with Crippen LogP contribution in [0.25, 0.3) is 0 Å². The van der Waals surface area contributed by atoms with E-state index in [9.17, 15) is 0 Å². The summed E-state index contributed by atoms with van der Waals surface area (Å²) in [4.78, 5) is 2.04. The van der Waals surface area contributed by atoms with Gasteiger partial charge in [-0.2, -0.15) is 0 Å². The van der Waals surface area contributed by atoms with Crippen molar-refractivity contribution in [2.75, 3.05) is 30.8 Å². The smallest absolute Gasteiger partial charge is 0.151 e. The molecule has 1 aliphatic heterocycles. The van der Waals surface area contributed by atoms with Crippen molar-refractivity contribution in [3.63, 3.8) is 0 Å². The van der Waals surface area contributed by atoms with Crippen LogP contribution in [0.5, 0.6) is 0 Å². The van der Waals surface area contributed by atoms with Crippen LogP contribution >= 0.6 is 0 Å². The third kappa shape index (κ3) is 2.56. The number of hydrogen-bond donors (Lipinski definition) is 1. The number of nitrogens with two attached hydrogens (primary N) is 1. The number of hydrogen-bond acceptors (Lipinski definition) is 5. The minimum absolute atomic E-state index is 0.328. The Hall–Kier alpha value is -1.36. The Kier molecular flexibility index (Phi) is 3.01. The highest BCUT2D eigenvalue weighted by molar-refractivity contribution is 5.40. The average molecular weight is 208 g/mol. The van der Waals surface area contributed by atoms with E-state index >= 15 is 0 Å². The van der Waals surface area contributed by atoms with Gasteiger partial charge in [0.2, 0.25) is 0 Å². The number of ether oxygens (including phenoxy) is 1. The average Bonchev–Trinajstić information content (AvgIpc) is 2.71. The monoisotopic (exact) mass is 208 g/mol. The van der Waals surface area contributed by atoms with E-state index in [0.29, 0.717) is 11.9 Å². The first-order valence-corrected chi connectivity index (χ1v) is 5.17. The van der Waals surface area contributed by atoms with Crippen LogP contribution in [0.15, 0.2) is 12.1 Å². The van der Waals surface area contributed by atoms with Crippen molar-refractivity contribution >= 4 is 11.6 Å². The van der Waals surface area contributed by atoms with Crippen LogP contribution in [0, 0.1) is 0 Å². The summed E-state index contributed by atoms with van der Waals surface area (Å²) in [6.45, 7) is 1.74. The largest absolute Gasteiger partial charge is 0.382 e. The van der Waals surface area contributed by atoms with Gasteiger partial charge in [0.1, 0.15) is 5.82 Å².